The van der Waals surface area contributed by atoms with Crippen molar-refractivity contribution >= 4 is 11.3 Å². The Morgan fingerprint density at radius 3 is 2.87 bits per heavy atom. The van der Waals surface area contributed by atoms with Gasteiger partial charge >= 0.3 is 0 Å². The Morgan fingerprint density at radius 1 is 1.53 bits per heavy atom. The summed E-state index contributed by atoms with van der Waals surface area (Å²) >= 11 is 1.90. The van der Waals surface area contributed by atoms with Crippen molar-refractivity contribution in [2.24, 2.45) is 5.92 Å². The number of hydrogen-bond donors (Lipinski definition) is 1. The molecule has 0 amide bonds. The summed E-state index contributed by atoms with van der Waals surface area (Å²) in [5.74, 6) is 0.906. The SMILES string of the molecule is CCCC(C)NC(c1cccs1)C1CC1. The van der Waals surface area contributed by atoms with Crippen LogP contribution in [0.5, 0.6) is 0 Å². The molecular formula is C13H21NS. The van der Waals surface area contributed by atoms with Gasteiger partial charge in [0.1, 0.15) is 0 Å². The lowest BCUT2D eigenvalue weighted by Gasteiger charge is -2.22. The molecule has 0 radical (unpaired) electrons. The van der Waals surface area contributed by atoms with E-state index in [4.69, 9.17) is 0 Å². The molecule has 1 heterocycles. The highest BCUT2D eigenvalue weighted by atomic mass is 32.1. The van der Waals surface area contributed by atoms with Gasteiger partial charge in [0, 0.05) is 17.0 Å². The van der Waals surface area contributed by atoms with Crippen LogP contribution in [-0.4, -0.2) is 6.04 Å². The Morgan fingerprint density at radius 2 is 2.33 bits per heavy atom. The predicted octanol–water partition coefficient (Wildman–Crippen LogP) is 3.98. The largest absolute Gasteiger partial charge is 0.306 e. The Kier molecular flexibility index (Phi) is 3.81. The van der Waals surface area contributed by atoms with Crippen LogP contribution in [-0.2, 0) is 0 Å². The van der Waals surface area contributed by atoms with E-state index in [0.29, 0.717) is 12.1 Å². The van der Waals surface area contributed by atoms with Crippen molar-refractivity contribution in [1.29, 1.82) is 0 Å². The molecule has 0 spiro atoms. The van der Waals surface area contributed by atoms with E-state index in [1.165, 1.54) is 30.6 Å². The molecule has 0 bridgehead atoms. The van der Waals surface area contributed by atoms with Crippen molar-refractivity contribution in [3.05, 3.63) is 22.4 Å². The lowest BCUT2D eigenvalue weighted by molar-refractivity contribution is 0.406. The zero-order valence-corrected chi connectivity index (χ0v) is 10.5. The number of hydrogen-bond acceptors (Lipinski definition) is 2. The molecule has 0 saturated heterocycles. The molecule has 1 aromatic heterocycles. The van der Waals surface area contributed by atoms with Crippen molar-refractivity contribution in [3.8, 4) is 0 Å². The zero-order valence-electron chi connectivity index (χ0n) is 9.70. The molecule has 84 valence electrons. The molecule has 1 aromatic rings. The highest BCUT2D eigenvalue weighted by molar-refractivity contribution is 7.10. The zero-order chi connectivity index (χ0) is 10.7. The number of thiophene rings is 1. The Labute approximate surface area is 96.9 Å². The summed E-state index contributed by atoms with van der Waals surface area (Å²) in [5.41, 5.74) is 0. The highest BCUT2D eigenvalue weighted by Gasteiger charge is 2.33. The van der Waals surface area contributed by atoms with E-state index >= 15 is 0 Å². The second-order valence-corrected chi connectivity index (χ2v) is 5.67. The van der Waals surface area contributed by atoms with Crippen LogP contribution in [0.15, 0.2) is 17.5 Å². The Hall–Kier alpha value is -0.340. The average Bonchev–Trinajstić information content (AvgIpc) is 2.90. The molecule has 1 nitrogen and oxygen atoms in total. The van der Waals surface area contributed by atoms with Gasteiger partial charge in [-0.05, 0) is 43.6 Å². The van der Waals surface area contributed by atoms with Crippen molar-refractivity contribution in [2.45, 2.75) is 51.6 Å². The van der Waals surface area contributed by atoms with Gasteiger partial charge in [0.2, 0.25) is 0 Å². The van der Waals surface area contributed by atoms with Crippen molar-refractivity contribution < 1.29 is 0 Å². The fraction of sp³-hybridized carbons (Fsp3) is 0.692. The summed E-state index contributed by atoms with van der Waals surface area (Å²) in [6, 6.07) is 5.73. The predicted molar refractivity (Wildman–Crippen MR) is 67.3 cm³/mol. The first-order chi connectivity index (χ1) is 7.31. The van der Waals surface area contributed by atoms with E-state index in [-0.39, 0.29) is 0 Å². The van der Waals surface area contributed by atoms with Crippen LogP contribution in [0.25, 0.3) is 0 Å². The lowest BCUT2D eigenvalue weighted by atomic mass is 10.1. The van der Waals surface area contributed by atoms with E-state index < -0.39 is 0 Å². The van der Waals surface area contributed by atoms with Crippen LogP contribution < -0.4 is 5.32 Å². The highest BCUT2D eigenvalue weighted by Crippen LogP contribution is 2.42. The molecule has 2 rings (SSSR count). The molecule has 15 heavy (non-hydrogen) atoms. The maximum absolute atomic E-state index is 3.79. The third-order valence-electron chi connectivity index (χ3n) is 3.13. The summed E-state index contributed by atoms with van der Waals surface area (Å²) in [6.07, 6.45) is 5.38. The summed E-state index contributed by atoms with van der Waals surface area (Å²) in [6.45, 7) is 4.57. The van der Waals surface area contributed by atoms with Gasteiger partial charge in [-0.15, -0.1) is 11.3 Å². The minimum Gasteiger partial charge on any atom is -0.306 e. The minimum atomic E-state index is 0.631. The van der Waals surface area contributed by atoms with Crippen LogP contribution >= 0.6 is 11.3 Å². The van der Waals surface area contributed by atoms with E-state index in [2.05, 4.69) is 36.7 Å². The molecule has 1 aliphatic carbocycles. The third kappa shape index (κ3) is 3.05. The summed E-state index contributed by atoms with van der Waals surface area (Å²) in [5, 5.41) is 5.98. The van der Waals surface area contributed by atoms with E-state index in [1.807, 2.05) is 11.3 Å². The van der Waals surface area contributed by atoms with Crippen molar-refractivity contribution in [2.75, 3.05) is 0 Å². The molecule has 1 aliphatic rings. The van der Waals surface area contributed by atoms with Gasteiger partial charge < -0.3 is 5.32 Å². The molecule has 1 fully saturated rings. The standard InChI is InChI=1S/C13H21NS/c1-3-5-10(2)14-13(11-7-8-11)12-6-4-9-15-12/h4,6,9-11,13-14H,3,5,7-8H2,1-2H3. The molecule has 0 aliphatic heterocycles. The fourth-order valence-corrected chi connectivity index (χ4v) is 3.05. The first kappa shape index (κ1) is 11.2. The maximum Gasteiger partial charge on any atom is 0.0445 e. The smallest absolute Gasteiger partial charge is 0.0445 e. The lowest BCUT2D eigenvalue weighted by Crippen LogP contribution is -2.31. The monoisotopic (exact) mass is 223 g/mol. The normalized spacial score (nSPS) is 20.1. The van der Waals surface area contributed by atoms with Gasteiger partial charge in [0.25, 0.3) is 0 Å². The van der Waals surface area contributed by atoms with Crippen molar-refractivity contribution in [3.63, 3.8) is 0 Å². The molecule has 0 aromatic carbocycles. The van der Waals surface area contributed by atoms with Gasteiger partial charge in [-0.3, -0.25) is 0 Å². The van der Waals surface area contributed by atoms with Crippen LogP contribution in [0.4, 0.5) is 0 Å². The van der Waals surface area contributed by atoms with Crippen LogP contribution in [0.3, 0.4) is 0 Å². The van der Waals surface area contributed by atoms with Gasteiger partial charge in [-0.2, -0.15) is 0 Å². The molecular weight excluding hydrogens is 202 g/mol. The minimum absolute atomic E-state index is 0.631. The van der Waals surface area contributed by atoms with E-state index in [1.54, 1.807) is 0 Å². The molecule has 2 heteroatoms. The molecule has 2 unspecified atom stereocenters. The van der Waals surface area contributed by atoms with Gasteiger partial charge in [0.15, 0.2) is 0 Å². The van der Waals surface area contributed by atoms with Crippen molar-refractivity contribution in [1.82, 2.24) is 5.32 Å². The molecule has 1 N–H and O–H groups in total. The fourth-order valence-electron chi connectivity index (χ4n) is 2.17. The summed E-state index contributed by atoms with van der Waals surface area (Å²) < 4.78 is 0. The second-order valence-electron chi connectivity index (χ2n) is 4.69. The van der Waals surface area contributed by atoms with Crippen LogP contribution in [0.1, 0.15) is 50.4 Å². The first-order valence-corrected chi connectivity index (χ1v) is 6.98. The quantitative estimate of drug-likeness (QED) is 0.769. The summed E-state index contributed by atoms with van der Waals surface area (Å²) in [7, 11) is 0. The summed E-state index contributed by atoms with van der Waals surface area (Å²) in [4.78, 5) is 1.53. The van der Waals surface area contributed by atoms with E-state index in [9.17, 15) is 0 Å². The maximum atomic E-state index is 3.79. The number of rotatable bonds is 6. The first-order valence-electron chi connectivity index (χ1n) is 6.10. The van der Waals surface area contributed by atoms with Gasteiger partial charge in [-0.1, -0.05) is 19.4 Å². The van der Waals surface area contributed by atoms with Crippen LogP contribution in [0.2, 0.25) is 0 Å². The van der Waals surface area contributed by atoms with Gasteiger partial charge in [0.05, 0.1) is 0 Å². The Balaban J connectivity index is 1.95. The average molecular weight is 223 g/mol. The third-order valence-corrected chi connectivity index (χ3v) is 4.08. The second kappa shape index (κ2) is 5.13. The molecule has 2 atom stereocenters. The van der Waals surface area contributed by atoms with Crippen LogP contribution in [0, 0.1) is 5.92 Å². The number of nitrogens with one attached hydrogen (secondary N) is 1. The topological polar surface area (TPSA) is 12.0 Å². The van der Waals surface area contributed by atoms with Gasteiger partial charge in [-0.25, -0.2) is 0 Å². The van der Waals surface area contributed by atoms with E-state index in [0.717, 1.165) is 5.92 Å². The molecule has 1 saturated carbocycles. The Bertz CT molecular complexity index is 277.